The van der Waals surface area contributed by atoms with Crippen LogP contribution in [-0.2, 0) is 26.7 Å². The van der Waals surface area contributed by atoms with Crippen LogP contribution in [0, 0.1) is 11.3 Å². The third-order valence-electron chi connectivity index (χ3n) is 5.96. The number of para-hydroxylation sites is 1. The summed E-state index contributed by atoms with van der Waals surface area (Å²) in [5.74, 6) is -0.934. The molecule has 0 bridgehead atoms. The molecule has 3 rings (SSSR count). The molecule has 0 spiro atoms. The van der Waals surface area contributed by atoms with Crippen LogP contribution in [0.4, 0.5) is 11.4 Å². The molecule has 8 nitrogen and oxygen atoms in total. The van der Waals surface area contributed by atoms with Crippen LogP contribution in [0.5, 0.6) is 0 Å². The number of nitrogens with one attached hydrogen (secondary N) is 1. The zero-order valence-corrected chi connectivity index (χ0v) is 21.8. The molecule has 0 aliphatic carbocycles. The highest BCUT2D eigenvalue weighted by Gasteiger charge is 2.37. The molecule has 0 fully saturated rings. The van der Waals surface area contributed by atoms with E-state index in [0.717, 1.165) is 16.9 Å². The van der Waals surface area contributed by atoms with Gasteiger partial charge in [0.05, 0.1) is 17.1 Å². The van der Waals surface area contributed by atoms with Crippen LogP contribution in [0.15, 0.2) is 90.0 Å². The lowest BCUT2D eigenvalue weighted by molar-refractivity contribution is -0.452. The number of nitrogens with zero attached hydrogens (tertiary/aromatic N) is 1. The van der Waals surface area contributed by atoms with Crippen molar-refractivity contribution in [3.8, 4) is 0 Å². The Kier molecular flexibility index (Phi) is 8.67. The lowest BCUT2D eigenvalue weighted by atomic mass is 9.79. The van der Waals surface area contributed by atoms with Gasteiger partial charge in [0.15, 0.2) is 6.54 Å². The minimum Gasteiger partial charge on any atom is -0.362 e. The molecule has 0 amide bonds. The van der Waals surface area contributed by atoms with Gasteiger partial charge in [-0.15, -0.1) is 0 Å². The summed E-state index contributed by atoms with van der Waals surface area (Å²) in [7, 11) is -8.52. The Bertz CT molecular complexity index is 1410. The van der Waals surface area contributed by atoms with E-state index in [-0.39, 0.29) is 4.90 Å². The quantitative estimate of drug-likeness (QED) is 0.222. The standard InChI is InChI=1S/C26H30N2O6S2/c1-26(2,20-28-17-15-21-18-24(36(32,33)34)13-14-25(21)28)22(19-35(29,30)31)10-6-3-4-9-16-27-23-11-7-5-8-12-23/h3-14,16-18,22,27H,15,19-20H2,1-2H3,(H-,29,30,31,32,33,34)/p+1. The first-order valence-electron chi connectivity index (χ1n) is 11.3. The van der Waals surface area contributed by atoms with E-state index >= 15 is 0 Å². The molecule has 2 aromatic rings. The molecule has 1 atom stereocenters. The van der Waals surface area contributed by atoms with Crippen LogP contribution >= 0.6 is 0 Å². The van der Waals surface area contributed by atoms with Crippen LogP contribution in [0.3, 0.4) is 0 Å². The van der Waals surface area contributed by atoms with Gasteiger partial charge in [-0.05, 0) is 30.3 Å². The van der Waals surface area contributed by atoms with Crippen molar-refractivity contribution >= 4 is 37.8 Å². The summed E-state index contributed by atoms with van der Waals surface area (Å²) in [6.07, 6.45) is 13.1. The minimum atomic E-state index is -4.30. The van der Waals surface area contributed by atoms with E-state index in [0.29, 0.717) is 13.0 Å². The van der Waals surface area contributed by atoms with Crippen molar-refractivity contribution in [2.24, 2.45) is 11.3 Å². The van der Waals surface area contributed by atoms with Gasteiger partial charge in [0.2, 0.25) is 5.69 Å². The highest BCUT2D eigenvalue weighted by atomic mass is 32.2. The maximum atomic E-state index is 11.7. The van der Waals surface area contributed by atoms with Crippen LogP contribution in [0.25, 0.3) is 0 Å². The topological polar surface area (TPSA) is 124 Å². The summed E-state index contributed by atoms with van der Waals surface area (Å²) in [5, 5.41) is 3.14. The van der Waals surface area contributed by atoms with Gasteiger partial charge in [-0.2, -0.15) is 16.8 Å². The minimum absolute atomic E-state index is 0.164. The monoisotopic (exact) mass is 531 g/mol. The van der Waals surface area contributed by atoms with E-state index in [9.17, 15) is 25.9 Å². The molecule has 1 unspecified atom stereocenters. The Balaban J connectivity index is 1.71. The number of hydrogen-bond donors (Lipinski definition) is 3. The predicted octanol–water partition coefficient (Wildman–Crippen LogP) is 4.47. The van der Waals surface area contributed by atoms with E-state index in [4.69, 9.17) is 0 Å². The third-order valence-corrected chi connectivity index (χ3v) is 7.59. The average Bonchev–Trinajstić information content (AvgIpc) is 3.18. The fourth-order valence-electron chi connectivity index (χ4n) is 4.01. The number of benzene rings is 2. The number of fused-ring (bicyclic) bond motifs is 1. The smallest absolute Gasteiger partial charge is 0.294 e. The Morgan fingerprint density at radius 3 is 2.36 bits per heavy atom. The van der Waals surface area contributed by atoms with Crippen molar-refractivity contribution in [1.29, 1.82) is 0 Å². The lowest BCUT2D eigenvalue weighted by Crippen LogP contribution is -2.35. The Morgan fingerprint density at radius 1 is 1.00 bits per heavy atom. The normalized spacial score (nSPS) is 15.5. The van der Waals surface area contributed by atoms with E-state index in [1.54, 1.807) is 36.6 Å². The molecule has 1 aliphatic heterocycles. The van der Waals surface area contributed by atoms with E-state index in [2.05, 4.69) is 5.32 Å². The summed E-state index contributed by atoms with van der Waals surface area (Å²) in [6, 6.07) is 14.1. The molecule has 0 saturated carbocycles. The van der Waals surface area contributed by atoms with Crippen molar-refractivity contribution in [3.05, 3.63) is 90.7 Å². The SMILES string of the molecule is CC(C)(C[N+]1=CCc2cc(S(=O)(=O)O)ccc21)C(C=CC=CC=CNc1ccccc1)CS(=O)(=O)O. The summed E-state index contributed by atoms with van der Waals surface area (Å²) in [4.78, 5) is -0.164. The summed E-state index contributed by atoms with van der Waals surface area (Å²) in [6.45, 7) is 4.26. The molecule has 1 aliphatic rings. The van der Waals surface area contributed by atoms with Crippen molar-refractivity contribution in [2.75, 3.05) is 17.6 Å². The zero-order chi connectivity index (χ0) is 26.4. The first kappa shape index (κ1) is 27.5. The van der Waals surface area contributed by atoms with Gasteiger partial charge in [-0.1, -0.05) is 56.4 Å². The summed E-state index contributed by atoms with van der Waals surface area (Å²) < 4.78 is 67.2. The summed E-state index contributed by atoms with van der Waals surface area (Å²) in [5.41, 5.74) is 1.93. The van der Waals surface area contributed by atoms with Crippen molar-refractivity contribution in [3.63, 3.8) is 0 Å². The number of anilines is 1. The highest BCUT2D eigenvalue weighted by molar-refractivity contribution is 7.86. The Labute approximate surface area is 212 Å². The fourth-order valence-corrected chi connectivity index (χ4v) is 5.56. The molecule has 0 radical (unpaired) electrons. The Hall–Kier alpha value is -3.05. The lowest BCUT2D eigenvalue weighted by Gasteiger charge is -2.29. The van der Waals surface area contributed by atoms with E-state index in [1.807, 2.05) is 61.0 Å². The largest absolute Gasteiger partial charge is 0.362 e. The van der Waals surface area contributed by atoms with E-state index in [1.165, 1.54) is 12.1 Å². The maximum Gasteiger partial charge on any atom is 0.294 e. The fraction of sp³-hybridized carbons (Fsp3) is 0.269. The second-order valence-corrected chi connectivity index (χ2v) is 12.2. The van der Waals surface area contributed by atoms with Gasteiger partial charge in [0, 0.05) is 34.9 Å². The molecule has 0 saturated heterocycles. The van der Waals surface area contributed by atoms with Crippen LogP contribution in [0.2, 0.25) is 0 Å². The molecule has 1 heterocycles. The van der Waals surface area contributed by atoms with Crippen molar-refractivity contribution in [2.45, 2.75) is 25.2 Å². The van der Waals surface area contributed by atoms with Gasteiger partial charge >= 0.3 is 0 Å². The molecule has 192 valence electrons. The average molecular weight is 532 g/mol. The predicted molar refractivity (Wildman–Crippen MR) is 142 cm³/mol. The molecule has 0 aromatic heterocycles. The van der Waals surface area contributed by atoms with Crippen molar-refractivity contribution in [1.82, 2.24) is 0 Å². The zero-order valence-electron chi connectivity index (χ0n) is 20.2. The molecule has 3 N–H and O–H groups in total. The third kappa shape index (κ3) is 7.99. The first-order chi connectivity index (χ1) is 16.9. The van der Waals surface area contributed by atoms with Gasteiger partial charge in [-0.25, -0.2) is 4.58 Å². The maximum absolute atomic E-state index is 11.7. The van der Waals surface area contributed by atoms with E-state index < -0.39 is 37.3 Å². The van der Waals surface area contributed by atoms with Crippen LogP contribution in [0.1, 0.15) is 19.4 Å². The van der Waals surface area contributed by atoms with Crippen LogP contribution in [-0.4, -0.2) is 49.0 Å². The molecule has 2 aromatic carbocycles. The molecular formula is C26H31N2O6S2+. The first-order valence-corrected chi connectivity index (χ1v) is 14.4. The summed E-state index contributed by atoms with van der Waals surface area (Å²) >= 11 is 0. The van der Waals surface area contributed by atoms with Gasteiger partial charge in [0.1, 0.15) is 6.21 Å². The van der Waals surface area contributed by atoms with Crippen molar-refractivity contribution < 1.29 is 30.5 Å². The highest BCUT2D eigenvalue weighted by Crippen LogP contribution is 2.34. The number of hydrogen-bond acceptors (Lipinski definition) is 5. The number of rotatable bonds is 11. The van der Waals surface area contributed by atoms with Gasteiger partial charge in [-0.3, -0.25) is 9.11 Å². The van der Waals surface area contributed by atoms with Gasteiger partial charge in [0.25, 0.3) is 20.2 Å². The Morgan fingerprint density at radius 2 is 1.69 bits per heavy atom. The second kappa shape index (κ2) is 11.3. The number of allylic oxidation sites excluding steroid dienone is 5. The van der Waals surface area contributed by atoms with Crippen LogP contribution < -0.4 is 5.32 Å². The molecular weight excluding hydrogens is 500 g/mol. The molecule has 10 heteroatoms. The van der Waals surface area contributed by atoms with Gasteiger partial charge < -0.3 is 5.32 Å². The second-order valence-electron chi connectivity index (χ2n) is 9.26. The molecule has 36 heavy (non-hydrogen) atoms.